The van der Waals surface area contributed by atoms with Crippen LogP contribution in [0.2, 0.25) is 0 Å². The molecule has 3 heteroatoms. The average Bonchev–Trinajstić information content (AvgIpc) is 2.52. The Labute approximate surface area is 135 Å². The maximum atomic E-state index is 10.1. The van der Waals surface area contributed by atoms with Crippen molar-refractivity contribution < 1.29 is 5.11 Å². The van der Waals surface area contributed by atoms with Gasteiger partial charge >= 0.3 is 0 Å². The van der Waals surface area contributed by atoms with E-state index in [1.54, 1.807) is 0 Å². The molecule has 0 fully saturated rings. The van der Waals surface area contributed by atoms with Crippen molar-refractivity contribution in [2.75, 3.05) is 13.1 Å². The second-order valence-corrected chi connectivity index (χ2v) is 6.29. The van der Waals surface area contributed by atoms with Crippen LogP contribution in [0.25, 0.3) is 0 Å². The van der Waals surface area contributed by atoms with Crippen molar-refractivity contribution in [2.24, 2.45) is 0 Å². The van der Waals surface area contributed by atoms with Crippen molar-refractivity contribution in [3.05, 3.63) is 70.2 Å². The molecule has 0 aromatic heterocycles. The van der Waals surface area contributed by atoms with Crippen LogP contribution < -0.4 is 5.32 Å². The molecule has 2 aromatic rings. The second-order valence-electron chi connectivity index (χ2n) is 5.38. The lowest BCUT2D eigenvalue weighted by molar-refractivity contribution is 0.174. The Kier molecular flexibility index (Phi) is 6.43. The molecule has 2 N–H and O–H groups in total. The molecule has 0 saturated carbocycles. The molecule has 0 heterocycles. The average molecular weight is 348 g/mol. The zero-order chi connectivity index (χ0) is 15.1. The highest BCUT2D eigenvalue weighted by Crippen LogP contribution is 2.19. The number of nitrogens with one attached hydrogen (secondary N) is 1. The molecule has 2 atom stereocenters. The van der Waals surface area contributed by atoms with Crippen LogP contribution in [0.5, 0.6) is 0 Å². The maximum absolute atomic E-state index is 10.1. The Morgan fingerprint density at radius 2 is 1.76 bits per heavy atom. The number of benzene rings is 2. The first-order valence-electron chi connectivity index (χ1n) is 7.36. The van der Waals surface area contributed by atoms with Gasteiger partial charge in [0.2, 0.25) is 0 Å². The van der Waals surface area contributed by atoms with Gasteiger partial charge in [0.05, 0.1) is 6.10 Å². The van der Waals surface area contributed by atoms with E-state index < -0.39 is 6.10 Å². The Morgan fingerprint density at radius 3 is 2.48 bits per heavy atom. The molecule has 0 spiro atoms. The molecule has 0 aliphatic rings. The first-order valence-corrected chi connectivity index (χ1v) is 8.15. The summed E-state index contributed by atoms with van der Waals surface area (Å²) in [5.74, 6) is 0.529. The lowest BCUT2D eigenvalue weighted by Crippen LogP contribution is -2.23. The summed E-state index contributed by atoms with van der Waals surface area (Å²) in [6.07, 6.45) is 0.601. The lowest BCUT2D eigenvalue weighted by Gasteiger charge is -2.15. The van der Waals surface area contributed by atoms with E-state index >= 15 is 0 Å². The fourth-order valence-electron chi connectivity index (χ4n) is 2.34. The van der Waals surface area contributed by atoms with Gasteiger partial charge in [-0.2, -0.15) is 0 Å². The first-order chi connectivity index (χ1) is 10.2. The van der Waals surface area contributed by atoms with Crippen molar-refractivity contribution in [3.63, 3.8) is 0 Å². The summed E-state index contributed by atoms with van der Waals surface area (Å²) in [6.45, 7) is 3.72. The lowest BCUT2D eigenvalue weighted by atomic mass is 9.98. The number of hydrogen-bond donors (Lipinski definition) is 2. The van der Waals surface area contributed by atoms with Crippen molar-refractivity contribution in [1.82, 2.24) is 5.32 Å². The molecule has 2 unspecified atom stereocenters. The predicted molar refractivity (Wildman–Crippen MR) is 91.4 cm³/mol. The van der Waals surface area contributed by atoms with E-state index in [2.05, 4.69) is 52.4 Å². The Hall–Kier alpha value is -1.16. The predicted octanol–water partition coefficient (Wildman–Crippen LogP) is 4.27. The number of rotatable bonds is 7. The summed E-state index contributed by atoms with van der Waals surface area (Å²) in [5.41, 5.74) is 2.31. The molecule has 2 rings (SSSR count). The smallest absolute Gasteiger partial charge is 0.0914 e. The zero-order valence-electron chi connectivity index (χ0n) is 12.3. The summed E-state index contributed by atoms with van der Waals surface area (Å²) >= 11 is 3.43. The minimum absolute atomic E-state index is 0.463. The van der Waals surface area contributed by atoms with Gasteiger partial charge in [-0.3, -0.25) is 0 Å². The number of aliphatic hydroxyl groups excluding tert-OH is 1. The molecule has 0 aliphatic carbocycles. The fourth-order valence-corrected chi connectivity index (χ4v) is 2.75. The van der Waals surface area contributed by atoms with Gasteiger partial charge in [-0.25, -0.2) is 0 Å². The van der Waals surface area contributed by atoms with Gasteiger partial charge in [-0.05, 0) is 42.1 Å². The van der Waals surface area contributed by atoms with Gasteiger partial charge in [0.1, 0.15) is 0 Å². The SMILES string of the molecule is CC(CCNCC(O)c1cccc(Br)c1)c1ccccc1. The maximum Gasteiger partial charge on any atom is 0.0914 e. The van der Waals surface area contributed by atoms with E-state index in [1.165, 1.54) is 5.56 Å². The van der Waals surface area contributed by atoms with E-state index in [4.69, 9.17) is 0 Å². The van der Waals surface area contributed by atoms with Crippen molar-refractivity contribution in [1.29, 1.82) is 0 Å². The van der Waals surface area contributed by atoms with Crippen LogP contribution in [-0.4, -0.2) is 18.2 Å². The standard InChI is InChI=1S/C18H22BrNO/c1-14(15-6-3-2-4-7-15)10-11-20-13-18(21)16-8-5-9-17(19)12-16/h2-9,12,14,18,20-21H,10-11,13H2,1H3. The first kappa shape index (κ1) is 16.2. The van der Waals surface area contributed by atoms with Crippen LogP contribution in [-0.2, 0) is 0 Å². The van der Waals surface area contributed by atoms with Crippen molar-refractivity contribution >= 4 is 15.9 Å². The Bertz CT molecular complexity index is 544. The van der Waals surface area contributed by atoms with Crippen molar-refractivity contribution in [2.45, 2.75) is 25.4 Å². The largest absolute Gasteiger partial charge is 0.387 e. The number of halogens is 1. The van der Waals surface area contributed by atoms with Crippen LogP contribution in [0.3, 0.4) is 0 Å². The molecule has 2 nitrogen and oxygen atoms in total. The highest BCUT2D eigenvalue weighted by molar-refractivity contribution is 9.10. The van der Waals surface area contributed by atoms with Crippen molar-refractivity contribution in [3.8, 4) is 0 Å². The van der Waals surface area contributed by atoms with Crippen LogP contribution in [0.4, 0.5) is 0 Å². The molecule has 0 bridgehead atoms. The molecule has 0 aliphatic heterocycles. The van der Waals surface area contributed by atoms with Gasteiger partial charge in [-0.15, -0.1) is 0 Å². The molecular formula is C18H22BrNO. The quantitative estimate of drug-likeness (QED) is 0.733. The van der Waals surface area contributed by atoms with Crippen LogP contribution >= 0.6 is 15.9 Å². The van der Waals surface area contributed by atoms with Crippen LogP contribution in [0.15, 0.2) is 59.1 Å². The molecule has 2 aromatic carbocycles. The Morgan fingerprint density at radius 1 is 1.05 bits per heavy atom. The monoisotopic (exact) mass is 347 g/mol. The topological polar surface area (TPSA) is 32.3 Å². The van der Waals surface area contributed by atoms with Gasteiger partial charge in [-0.1, -0.05) is 65.3 Å². The summed E-state index contributed by atoms with van der Waals surface area (Å²) in [6, 6.07) is 18.4. The zero-order valence-corrected chi connectivity index (χ0v) is 13.9. The summed E-state index contributed by atoms with van der Waals surface area (Å²) in [7, 11) is 0. The third-order valence-electron chi connectivity index (χ3n) is 3.69. The van der Waals surface area contributed by atoms with E-state index in [0.29, 0.717) is 12.5 Å². The minimum Gasteiger partial charge on any atom is -0.387 e. The normalized spacial score (nSPS) is 13.9. The van der Waals surface area contributed by atoms with Crippen LogP contribution in [0.1, 0.15) is 36.5 Å². The van der Waals surface area contributed by atoms with Crippen LogP contribution in [0, 0.1) is 0 Å². The number of aliphatic hydroxyl groups is 1. The van der Waals surface area contributed by atoms with Gasteiger partial charge < -0.3 is 10.4 Å². The molecule has 0 amide bonds. The Balaban J connectivity index is 1.72. The summed E-state index contributed by atoms with van der Waals surface area (Å²) < 4.78 is 0.997. The van der Waals surface area contributed by atoms with Gasteiger partial charge in [0, 0.05) is 11.0 Å². The summed E-state index contributed by atoms with van der Waals surface area (Å²) in [4.78, 5) is 0. The van der Waals surface area contributed by atoms with Gasteiger partial charge in [0.25, 0.3) is 0 Å². The van der Waals surface area contributed by atoms with E-state index in [9.17, 15) is 5.11 Å². The fraction of sp³-hybridized carbons (Fsp3) is 0.333. The third kappa shape index (κ3) is 5.27. The molecular weight excluding hydrogens is 326 g/mol. The second kappa shape index (κ2) is 8.32. The number of hydrogen-bond acceptors (Lipinski definition) is 2. The minimum atomic E-state index is -0.463. The highest BCUT2D eigenvalue weighted by Gasteiger charge is 2.08. The van der Waals surface area contributed by atoms with Gasteiger partial charge in [0.15, 0.2) is 0 Å². The van der Waals surface area contributed by atoms with E-state index in [-0.39, 0.29) is 0 Å². The molecule has 0 saturated heterocycles. The summed E-state index contributed by atoms with van der Waals surface area (Å²) in [5, 5.41) is 13.5. The molecule has 112 valence electrons. The third-order valence-corrected chi connectivity index (χ3v) is 4.19. The van der Waals surface area contributed by atoms with E-state index in [0.717, 1.165) is 23.0 Å². The van der Waals surface area contributed by atoms with E-state index in [1.807, 2.05) is 30.3 Å². The highest BCUT2D eigenvalue weighted by atomic mass is 79.9. The molecule has 0 radical (unpaired) electrons. The molecule has 21 heavy (non-hydrogen) atoms.